The van der Waals surface area contributed by atoms with Gasteiger partial charge in [-0.2, -0.15) is 0 Å². The van der Waals surface area contributed by atoms with Crippen LogP contribution in [0.4, 0.5) is 5.69 Å². The first-order chi connectivity index (χ1) is 12.3. The zero-order valence-electron chi connectivity index (χ0n) is 16.8. The number of unbranched alkanes of at least 4 members (excludes halogenated alkanes) is 1. The fourth-order valence-corrected chi connectivity index (χ4v) is 1.92. The van der Waals surface area contributed by atoms with Crippen molar-refractivity contribution in [2.24, 2.45) is 22.9 Å². The normalized spacial score (nSPS) is 12.9. The van der Waals surface area contributed by atoms with Crippen LogP contribution in [0.1, 0.15) is 53.4 Å². The molecule has 0 bridgehead atoms. The summed E-state index contributed by atoms with van der Waals surface area (Å²) >= 11 is 0. The molecule has 5 N–H and O–H groups in total. The smallest absolute Gasteiger partial charge is 0.125 e. The molecule has 1 aromatic rings. The van der Waals surface area contributed by atoms with Gasteiger partial charge in [0.25, 0.3) is 0 Å². The van der Waals surface area contributed by atoms with Gasteiger partial charge in [0, 0.05) is 17.1 Å². The van der Waals surface area contributed by atoms with E-state index in [2.05, 4.69) is 43.6 Å². The number of nitrogens with one attached hydrogen (secondary N) is 1. The number of anilines is 1. The van der Waals surface area contributed by atoms with Crippen molar-refractivity contribution in [3.8, 4) is 0 Å². The molecule has 1 unspecified atom stereocenters. The molecule has 0 aliphatic heterocycles. The van der Waals surface area contributed by atoms with Crippen LogP contribution in [-0.2, 0) is 4.79 Å². The van der Waals surface area contributed by atoms with Gasteiger partial charge in [0.1, 0.15) is 6.29 Å². The maximum atomic E-state index is 10.7. The van der Waals surface area contributed by atoms with Crippen molar-refractivity contribution in [2.45, 2.75) is 59.4 Å². The minimum Gasteiger partial charge on any atom is -0.327 e. The van der Waals surface area contributed by atoms with Crippen molar-refractivity contribution in [1.29, 1.82) is 0 Å². The van der Waals surface area contributed by atoms with Gasteiger partial charge in [-0.15, -0.1) is 0 Å². The molecule has 0 heterocycles. The van der Waals surface area contributed by atoms with Crippen molar-refractivity contribution < 1.29 is 4.79 Å². The van der Waals surface area contributed by atoms with Crippen LogP contribution in [0.3, 0.4) is 0 Å². The Labute approximate surface area is 159 Å². The summed E-state index contributed by atoms with van der Waals surface area (Å²) in [7, 11) is 0. The summed E-state index contributed by atoms with van der Waals surface area (Å²) in [6.07, 6.45) is 13.5. The number of hydrogen-bond donors (Lipinski definition) is 3. The third-order valence-corrected chi connectivity index (χ3v) is 4.00. The lowest BCUT2D eigenvalue weighted by Crippen LogP contribution is -2.25. The van der Waals surface area contributed by atoms with E-state index in [0.29, 0.717) is 5.92 Å². The largest absolute Gasteiger partial charge is 0.327 e. The molecule has 4 nitrogen and oxygen atoms in total. The lowest BCUT2D eigenvalue weighted by atomic mass is 9.91. The van der Waals surface area contributed by atoms with Crippen LogP contribution >= 0.6 is 0 Å². The molecule has 0 saturated heterocycles. The Morgan fingerprint density at radius 1 is 1.04 bits per heavy atom. The summed E-state index contributed by atoms with van der Waals surface area (Å²) in [6, 6.07) is 9.87. The van der Waals surface area contributed by atoms with E-state index in [1.807, 2.05) is 44.2 Å². The molecule has 146 valence electrons. The molecule has 0 spiro atoms. The second-order valence-electron chi connectivity index (χ2n) is 7.48. The number of allylic oxidation sites excluding steroid dienone is 3. The molecule has 0 radical (unpaired) electrons. The number of nitrogens with two attached hydrogens (primary N) is 2. The Bertz CT molecular complexity index is 521. The van der Waals surface area contributed by atoms with Crippen LogP contribution in [0.5, 0.6) is 0 Å². The maximum absolute atomic E-state index is 10.7. The number of hydrogen-bond acceptors (Lipinski definition) is 4. The highest BCUT2D eigenvalue weighted by molar-refractivity contribution is 5.58. The van der Waals surface area contributed by atoms with E-state index in [1.54, 1.807) is 0 Å². The Balaban J connectivity index is 0.000000642. The third kappa shape index (κ3) is 13.4. The minimum absolute atomic E-state index is 0.226. The summed E-state index contributed by atoms with van der Waals surface area (Å²) in [5.74, 6) is 5.64. The van der Waals surface area contributed by atoms with E-state index in [9.17, 15) is 4.79 Å². The number of rotatable bonds is 10. The van der Waals surface area contributed by atoms with Gasteiger partial charge in [-0.1, -0.05) is 70.2 Å². The molecule has 4 heteroatoms. The average Bonchev–Trinajstić information content (AvgIpc) is 2.64. The monoisotopic (exact) mass is 359 g/mol. The van der Waals surface area contributed by atoms with Crippen LogP contribution in [-0.4, -0.2) is 12.3 Å². The minimum atomic E-state index is -0.226. The topological polar surface area (TPSA) is 81.1 Å². The van der Waals surface area contributed by atoms with Gasteiger partial charge in [-0.3, -0.25) is 5.84 Å². The van der Waals surface area contributed by atoms with Crippen LogP contribution in [0.25, 0.3) is 0 Å². The standard InChI is InChI=1S/C16H29NO.C6H8N2/c1-14(2)15(17)11-9-7-5-6-8-10-12-16(3,4)13-18;7-8-6-4-2-1-3-5-6/h7-10,13-15H,5-6,11-12,17H2,1-4H3;1-5,8H,7H2. The second-order valence-corrected chi connectivity index (χ2v) is 7.48. The first-order valence-corrected chi connectivity index (χ1v) is 9.36. The van der Waals surface area contributed by atoms with E-state index >= 15 is 0 Å². The Hall–Kier alpha value is -1.91. The number of hydrazine groups is 1. The number of benzene rings is 1. The number of carbonyl (C=O) groups is 1. The fourth-order valence-electron chi connectivity index (χ4n) is 1.92. The predicted molar refractivity (Wildman–Crippen MR) is 114 cm³/mol. The van der Waals surface area contributed by atoms with Gasteiger partial charge in [0.2, 0.25) is 0 Å². The Kier molecular flexibility index (Phi) is 13.2. The molecule has 26 heavy (non-hydrogen) atoms. The van der Waals surface area contributed by atoms with E-state index in [-0.39, 0.29) is 11.5 Å². The van der Waals surface area contributed by atoms with Crippen LogP contribution < -0.4 is 17.0 Å². The summed E-state index contributed by atoms with van der Waals surface area (Å²) in [6.45, 7) is 8.21. The zero-order valence-corrected chi connectivity index (χ0v) is 16.8. The van der Waals surface area contributed by atoms with Gasteiger partial charge in [-0.25, -0.2) is 0 Å². The molecule has 0 saturated carbocycles. The van der Waals surface area contributed by atoms with Gasteiger partial charge in [0.15, 0.2) is 0 Å². The second kappa shape index (κ2) is 14.3. The molecular weight excluding hydrogens is 322 g/mol. The zero-order chi connectivity index (χ0) is 19.8. The fraction of sp³-hybridized carbons (Fsp3) is 0.500. The molecule has 1 aromatic carbocycles. The van der Waals surface area contributed by atoms with Crippen molar-refractivity contribution in [3.05, 3.63) is 54.6 Å². The molecule has 0 amide bonds. The summed E-state index contributed by atoms with van der Waals surface area (Å²) in [4.78, 5) is 10.7. The molecule has 0 aromatic heterocycles. The molecule has 1 atom stereocenters. The highest BCUT2D eigenvalue weighted by Gasteiger charge is 2.13. The number of carbonyl (C=O) groups excluding carboxylic acids is 1. The van der Waals surface area contributed by atoms with E-state index in [0.717, 1.165) is 37.7 Å². The SMILES string of the molecule is CC(C)C(N)CC=CCCC=CCC(C)(C)C=O.NNc1ccccc1. The van der Waals surface area contributed by atoms with Crippen molar-refractivity contribution in [2.75, 3.05) is 5.43 Å². The van der Waals surface area contributed by atoms with E-state index in [4.69, 9.17) is 11.6 Å². The maximum Gasteiger partial charge on any atom is 0.125 e. The van der Waals surface area contributed by atoms with Crippen LogP contribution in [0.15, 0.2) is 54.6 Å². The lowest BCUT2D eigenvalue weighted by Gasteiger charge is -2.12. The van der Waals surface area contributed by atoms with Crippen molar-refractivity contribution >= 4 is 12.0 Å². The Morgan fingerprint density at radius 3 is 2.08 bits per heavy atom. The van der Waals surface area contributed by atoms with E-state index < -0.39 is 0 Å². The highest BCUT2D eigenvalue weighted by atomic mass is 16.1. The Morgan fingerprint density at radius 2 is 1.62 bits per heavy atom. The summed E-state index contributed by atoms with van der Waals surface area (Å²) in [5.41, 5.74) is 9.18. The van der Waals surface area contributed by atoms with E-state index in [1.165, 1.54) is 0 Å². The molecule has 0 aliphatic rings. The number of nitrogen functional groups attached to an aromatic ring is 1. The number of para-hydroxylation sites is 1. The highest BCUT2D eigenvalue weighted by Crippen LogP contribution is 2.17. The first kappa shape index (κ1) is 24.1. The molecular formula is C22H37N3O. The predicted octanol–water partition coefficient (Wildman–Crippen LogP) is 4.84. The van der Waals surface area contributed by atoms with Gasteiger partial charge in [-0.05, 0) is 43.7 Å². The summed E-state index contributed by atoms with van der Waals surface area (Å²) in [5, 5.41) is 0. The molecule has 1 rings (SSSR count). The van der Waals surface area contributed by atoms with Crippen molar-refractivity contribution in [1.82, 2.24) is 0 Å². The van der Waals surface area contributed by atoms with Crippen LogP contribution in [0.2, 0.25) is 0 Å². The summed E-state index contributed by atoms with van der Waals surface area (Å²) < 4.78 is 0. The number of aldehydes is 1. The van der Waals surface area contributed by atoms with Gasteiger partial charge < -0.3 is 16.0 Å². The van der Waals surface area contributed by atoms with Crippen LogP contribution in [0, 0.1) is 11.3 Å². The van der Waals surface area contributed by atoms with Gasteiger partial charge in [0.05, 0.1) is 0 Å². The molecule has 0 aliphatic carbocycles. The first-order valence-electron chi connectivity index (χ1n) is 9.36. The lowest BCUT2D eigenvalue weighted by molar-refractivity contribution is -0.114. The third-order valence-electron chi connectivity index (χ3n) is 4.00. The van der Waals surface area contributed by atoms with Gasteiger partial charge >= 0.3 is 0 Å². The van der Waals surface area contributed by atoms with Crippen molar-refractivity contribution in [3.63, 3.8) is 0 Å². The quantitative estimate of drug-likeness (QED) is 0.184. The average molecular weight is 360 g/mol. The molecule has 0 fully saturated rings.